The van der Waals surface area contributed by atoms with Crippen LogP contribution in [0.5, 0.6) is 0 Å². The first-order valence-electron chi connectivity index (χ1n) is 8.80. The van der Waals surface area contributed by atoms with Gasteiger partial charge < -0.3 is 0 Å². The molecule has 0 bridgehead atoms. The molecule has 6 heteroatoms. The summed E-state index contributed by atoms with van der Waals surface area (Å²) in [5, 5.41) is 0.390. The van der Waals surface area contributed by atoms with Crippen molar-refractivity contribution >= 4 is 20.7 Å². The van der Waals surface area contributed by atoms with Crippen molar-refractivity contribution in [2.24, 2.45) is 0 Å². The highest BCUT2D eigenvalue weighted by atomic mass is 32.2. The highest BCUT2D eigenvalue weighted by Gasteiger charge is 2.20. The maximum atomic E-state index is 13.2. The van der Waals surface area contributed by atoms with Gasteiger partial charge in [0, 0.05) is 5.56 Å². The molecule has 0 saturated heterocycles. The van der Waals surface area contributed by atoms with Crippen LogP contribution in [0.4, 0.5) is 0 Å². The summed E-state index contributed by atoms with van der Waals surface area (Å²) in [6, 6.07) is 22.6. The number of aryl methyl sites for hydroxylation is 1. The van der Waals surface area contributed by atoms with Crippen molar-refractivity contribution in [1.82, 2.24) is 9.55 Å². The van der Waals surface area contributed by atoms with Gasteiger partial charge in [-0.1, -0.05) is 60.2 Å². The lowest BCUT2D eigenvalue weighted by atomic mass is 10.1. The van der Waals surface area contributed by atoms with E-state index in [4.69, 9.17) is 0 Å². The number of sulfone groups is 1. The van der Waals surface area contributed by atoms with Crippen LogP contribution in [0.25, 0.3) is 22.3 Å². The summed E-state index contributed by atoms with van der Waals surface area (Å²) in [6.07, 6.45) is 0. The van der Waals surface area contributed by atoms with E-state index in [1.165, 1.54) is 16.7 Å². The first-order chi connectivity index (χ1) is 13.5. The number of hydrogen-bond donors (Lipinski definition) is 0. The van der Waals surface area contributed by atoms with E-state index in [-0.39, 0.29) is 10.5 Å². The molecule has 0 atom stereocenters. The van der Waals surface area contributed by atoms with E-state index < -0.39 is 15.7 Å². The molecule has 5 nitrogen and oxygen atoms in total. The summed E-state index contributed by atoms with van der Waals surface area (Å²) >= 11 is 0. The molecule has 3 aromatic carbocycles. The van der Waals surface area contributed by atoms with Crippen LogP contribution in [0.15, 0.2) is 88.6 Å². The summed E-state index contributed by atoms with van der Waals surface area (Å²) in [7, 11) is -3.72. The maximum absolute atomic E-state index is 13.2. The largest absolute Gasteiger partial charge is 0.277 e. The van der Waals surface area contributed by atoms with Gasteiger partial charge in [0.2, 0.25) is 0 Å². The quantitative estimate of drug-likeness (QED) is 0.531. The number of fused-ring (bicyclic) bond motifs is 1. The normalized spacial score (nSPS) is 11.6. The molecule has 0 radical (unpaired) electrons. The molecule has 0 saturated carbocycles. The average molecular weight is 390 g/mol. The van der Waals surface area contributed by atoms with Gasteiger partial charge in [0.15, 0.2) is 9.84 Å². The molecule has 0 aliphatic rings. The van der Waals surface area contributed by atoms with Gasteiger partial charge in [-0.2, -0.15) is 0 Å². The molecule has 4 aromatic rings. The van der Waals surface area contributed by atoms with Gasteiger partial charge in [-0.25, -0.2) is 13.4 Å². The Bertz CT molecular complexity index is 1310. The number of rotatable bonds is 4. The fraction of sp³-hybridized carbons (Fsp3) is 0.0909. The van der Waals surface area contributed by atoms with Crippen LogP contribution in [-0.2, 0) is 15.7 Å². The van der Waals surface area contributed by atoms with Crippen molar-refractivity contribution in [3.05, 3.63) is 94.8 Å². The lowest BCUT2D eigenvalue weighted by Crippen LogP contribution is -2.27. The Kier molecular flexibility index (Phi) is 4.57. The molecule has 0 unspecified atom stereocenters. The van der Waals surface area contributed by atoms with Crippen molar-refractivity contribution in [1.29, 1.82) is 0 Å². The fourth-order valence-corrected chi connectivity index (χ4v) is 4.38. The third-order valence-corrected chi connectivity index (χ3v) is 6.16. The minimum atomic E-state index is -3.72. The van der Waals surface area contributed by atoms with Crippen LogP contribution in [0.2, 0.25) is 0 Å². The van der Waals surface area contributed by atoms with Crippen molar-refractivity contribution in [3.8, 4) is 11.4 Å². The minimum absolute atomic E-state index is 0.171. The number of benzene rings is 3. The van der Waals surface area contributed by atoms with Crippen LogP contribution in [0, 0.1) is 6.92 Å². The standard InChI is InChI=1S/C22H18N2O3S/c1-16-11-13-17(14-12-16)21-23-20-10-6-5-9-19(20)22(25)24(21)15-28(26,27)18-7-3-2-4-8-18/h2-14H,15H2,1H3. The molecule has 0 spiro atoms. The zero-order valence-electron chi connectivity index (χ0n) is 15.2. The van der Waals surface area contributed by atoms with Gasteiger partial charge in [-0.05, 0) is 31.2 Å². The SMILES string of the molecule is Cc1ccc(-c2nc3ccccc3c(=O)n2CS(=O)(=O)c2ccccc2)cc1. The Morgan fingerprint density at radius 3 is 2.21 bits per heavy atom. The number of nitrogens with zero attached hydrogens (tertiary/aromatic N) is 2. The third-order valence-electron chi connectivity index (χ3n) is 4.57. The molecule has 0 amide bonds. The van der Waals surface area contributed by atoms with E-state index >= 15 is 0 Å². The second kappa shape index (κ2) is 7.05. The maximum Gasteiger partial charge on any atom is 0.262 e. The zero-order chi connectivity index (χ0) is 19.7. The number of aromatic nitrogens is 2. The summed E-state index contributed by atoms with van der Waals surface area (Å²) in [5.74, 6) is -0.139. The van der Waals surface area contributed by atoms with Crippen molar-refractivity contribution in [2.75, 3.05) is 0 Å². The molecular weight excluding hydrogens is 372 g/mol. The average Bonchev–Trinajstić information content (AvgIpc) is 2.71. The van der Waals surface area contributed by atoms with E-state index in [0.717, 1.165) is 5.56 Å². The minimum Gasteiger partial charge on any atom is -0.277 e. The molecule has 28 heavy (non-hydrogen) atoms. The highest BCUT2D eigenvalue weighted by Crippen LogP contribution is 2.22. The lowest BCUT2D eigenvalue weighted by Gasteiger charge is -2.14. The molecule has 140 valence electrons. The summed E-state index contributed by atoms with van der Waals surface area (Å²) in [6.45, 7) is 1.96. The molecule has 0 fully saturated rings. The first-order valence-corrected chi connectivity index (χ1v) is 10.5. The van der Waals surface area contributed by atoms with Crippen molar-refractivity contribution in [2.45, 2.75) is 17.7 Å². The second-order valence-corrected chi connectivity index (χ2v) is 8.57. The molecular formula is C22H18N2O3S. The number of hydrogen-bond acceptors (Lipinski definition) is 4. The van der Waals surface area contributed by atoms with E-state index in [9.17, 15) is 13.2 Å². The lowest BCUT2D eigenvalue weighted by molar-refractivity contribution is 0.582. The van der Waals surface area contributed by atoms with E-state index in [1.807, 2.05) is 31.2 Å². The van der Waals surface area contributed by atoms with Crippen molar-refractivity contribution in [3.63, 3.8) is 0 Å². The van der Waals surface area contributed by atoms with E-state index in [2.05, 4.69) is 4.98 Å². The number of para-hydroxylation sites is 1. The molecule has 0 aliphatic heterocycles. The third kappa shape index (κ3) is 3.34. The summed E-state index contributed by atoms with van der Waals surface area (Å²) in [5.41, 5.74) is 1.92. The Balaban J connectivity index is 1.96. The van der Waals surface area contributed by atoms with E-state index in [1.54, 1.807) is 42.5 Å². The van der Waals surface area contributed by atoms with Crippen LogP contribution >= 0.6 is 0 Å². The van der Waals surface area contributed by atoms with Gasteiger partial charge in [0.25, 0.3) is 5.56 Å². The van der Waals surface area contributed by atoms with Crippen LogP contribution < -0.4 is 5.56 Å². The molecule has 4 rings (SSSR count). The first kappa shape index (κ1) is 18.1. The van der Waals surface area contributed by atoms with Gasteiger partial charge in [0.1, 0.15) is 11.7 Å². The molecule has 1 aromatic heterocycles. The summed E-state index contributed by atoms with van der Waals surface area (Å²) < 4.78 is 27.1. The Morgan fingerprint density at radius 2 is 1.50 bits per heavy atom. The Morgan fingerprint density at radius 1 is 0.857 bits per heavy atom. The molecule has 0 aliphatic carbocycles. The van der Waals surface area contributed by atoms with Gasteiger partial charge in [-0.15, -0.1) is 0 Å². The molecule has 0 N–H and O–H groups in total. The van der Waals surface area contributed by atoms with Gasteiger partial charge in [-0.3, -0.25) is 9.36 Å². The van der Waals surface area contributed by atoms with Crippen LogP contribution in [0.3, 0.4) is 0 Å². The van der Waals surface area contributed by atoms with Gasteiger partial charge >= 0.3 is 0 Å². The highest BCUT2D eigenvalue weighted by molar-refractivity contribution is 7.90. The topological polar surface area (TPSA) is 69.0 Å². The fourth-order valence-electron chi connectivity index (χ4n) is 3.08. The molecule has 1 heterocycles. The van der Waals surface area contributed by atoms with Crippen LogP contribution in [0.1, 0.15) is 5.56 Å². The monoisotopic (exact) mass is 390 g/mol. The second-order valence-electron chi connectivity index (χ2n) is 6.61. The predicted molar refractivity (Wildman–Crippen MR) is 110 cm³/mol. The van der Waals surface area contributed by atoms with Crippen molar-refractivity contribution < 1.29 is 8.42 Å². The predicted octanol–water partition coefficient (Wildman–Crippen LogP) is 3.80. The van der Waals surface area contributed by atoms with Crippen LogP contribution in [-0.4, -0.2) is 18.0 Å². The van der Waals surface area contributed by atoms with E-state index in [0.29, 0.717) is 22.3 Å². The Hall–Kier alpha value is -3.25. The Labute approximate surface area is 162 Å². The van der Waals surface area contributed by atoms with Gasteiger partial charge in [0.05, 0.1) is 15.8 Å². The smallest absolute Gasteiger partial charge is 0.262 e. The zero-order valence-corrected chi connectivity index (χ0v) is 16.1. The summed E-state index contributed by atoms with van der Waals surface area (Å²) in [4.78, 5) is 17.9.